The van der Waals surface area contributed by atoms with Crippen molar-refractivity contribution in [2.24, 2.45) is 10.9 Å². The van der Waals surface area contributed by atoms with Gasteiger partial charge in [0.2, 0.25) is 11.7 Å². The molecule has 3 unspecified atom stereocenters. The van der Waals surface area contributed by atoms with Gasteiger partial charge in [-0.1, -0.05) is 70.1 Å². The SMILES string of the molecule is C=C1NCC2=C(C(C)=NC(=C)C3C(CC2)c2ccccc2-c2cc(CC4CCCC4)c([Si](C)(C)C)c[n+]23)C(C)O1. The molecule has 0 radical (unpaired) electrons. The minimum Gasteiger partial charge on any atom is -0.472 e. The van der Waals surface area contributed by atoms with Gasteiger partial charge in [-0.15, -0.1) is 0 Å². The number of hydrogen-bond donors (Lipinski definition) is 1. The normalized spacial score (nSPS) is 25.2. The lowest BCUT2D eigenvalue weighted by Crippen LogP contribution is -2.54. The number of fused-ring (bicyclic) bond motifs is 6. The zero-order valence-corrected chi connectivity index (χ0v) is 26.1. The summed E-state index contributed by atoms with van der Waals surface area (Å²) in [6.07, 6.45) is 11.3. The molecule has 2 aromatic rings. The summed E-state index contributed by atoms with van der Waals surface area (Å²) >= 11 is 0. The number of ether oxygens (including phenoxy) is 1. The smallest absolute Gasteiger partial charge is 0.213 e. The molecular formula is C35H46N3OSi+. The van der Waals surface area contributed by atoms with Crippen LogP contribution in [0.4, 0.5) is 0 Å². The van der Waals surface area contributed by atoms with Crippen LogP contribution in [0.5, 0.6) is 0 Å². The first-order valence-corrected chi connectivity index (χ1v) is 18.9. The molecule has 0 bridgehead atoms. The maximum atomic E-state index is 6.10. The van der Waals surface area contributed by atoms with Crippen molar-refractivity contribution in [3.8, 4) is 11.3 Å². The predicted molar refractivity (Wildman–Crippen MR) is 169 cm³/mol. The molecule has 1 N–H and O–H groups in total. The van der Waals surface area contributed by atoms with Crippen molar-refractivity contribution in [1.82, 2.24) is 5.32 Å². The van der Waals surface area contributed by atoms with Crippen LogP contribution in [0, 0.1) is 5.92 Å². The van der Waals surface area contributed by atoms with Gasteiger partial charge in [-0.25, -0.2) is 0 Å². The maximum absolute atomic E-state index is 6.10. The molecule has 1 fully saturated rings. The van der Waals surface area contributed by atoms with Gasteiger partial charge in [-0.3, -0.25) is 4.99 Å². The number of rotatable bonds is 3. The van der Waals surface area contributed by atoms with Gasteiger partial charge in [0.05, 0.1) is 14.0 Å². The quantitative estimate of drug-likeness (QED) is 0.326. The third-order valence-corrected chi connectivity index (χ3v) is 11.8. The monoisotopic (exact) mass is 552 g/mol. The first kappa shape index (κ1) is 27.3. The van der Waals surface area contributed by atoms with E-state index in [1.165, 1.54) is 60.1 Å². The fraction of sp³-hybridized carbons (Fsp3) is 0.486. The van der Waals surface area contributed by atoms with E-state index < -0.39 is 8.07 Å². The standard InChI is InChI=1S/C35H46N3OSi/c1-22-34-24(3)39-25(4)36-20-27(34)16-17-31-29-14-10-11-15-30(29)32-19-28(18-26-12-8-9-13-26)33(40(5,6)7)21-38(32)35(31)23(2)37-22/h10-11,14-15,19,21,24,26,31,35-36H,2,4,8-9,12-13,16-18,20H2,1,3,5-7H3/q+1. The summed E-state index contributed by atoms with van der Waals surface area (Å²) in [6, 6.07) is 11.8. The molecule has 1 aliphatic carbocycles. The number of benzene rings is 1. The zero-order chi connectivity index (χ0) is 28.2. The Morgan fingerprint density at radius 2 is 1.85 bits per heavy atom. The van der Waals surface area contributed by atoms with Crippen molar-refractivity contribution in [2.75, 3.05) is 6.54 Å². The Kier molecular flexibility index (Phi) is 7.14. The number of aromatic nitrogens is 1. The fourth-order valence-corrected chi connectivity index (χ4v) is 9.56. The summed E-state index contributed by atoms with van der Waals surface area (Å²) in [5, 5.41) is 4.99. The van der Waals surface area contributed by atoms with E-state index >= 15 is 0 Å². The fourth-order valence-electron chi connectivity index (χ4n) is 7.90. The molecule has 0 saturated heterocycles. The van der Waals surface area contributed by atoms with Crippen molar-refractivity contribution in [3.05, 3.63) is 83.5 Å². The second kappa shape index (κ2) is 10.5. The Labute approximate surface area is 242 Å². The van der Waals surface area contributed by atoms with Crippen molar-refractivity contribution < 1.29 is 9.30 Å². The lowest BCUT2D eigenvalue weighted by Gasteiger charge is -2.32. The highest BCUT2D eigenvalue weighted by molar-refractivity contribution is 6.89. The molecule has 1 aromatic heterocycles. The van der Waals surface area contributed by atoms with E-state index in [0.29, 0.717) is 11.8 Å². The third kappa shape index (κ3) is 4.91. The topological polar surface area (TPSA) is 37.5 Å². The van der Waals surface area contributed by atoms with E-state index in [9.17, 15) is 0 Å². The second-order valence-electron chi connectivity index (χ2n) is 13.5. The highest BCUT2D eigenvalue weighted by Crippen LogP contribution is 2.45. The minimum absolute atomic E-state index is 0.0851. The van der Waals surface area contributed by atoms with Crippen LogP contribution < -0.4 is 15.1 Å². The van der Waals surface area contributed by atoms with Crippen LogP contribution in [0.25, 0.3) is 11.3 Å². The van der Waals surface area contributed by atoms with Gasteiger partial charge in [0.25, 0.3) is 0 Å². The average Bonchev–Trinajstić information content (AvgIpc) is 3.37. The van der Waals surface area contributed by atoms with Crippen LogP contribution in [0.3, 0.4) is 0 Å². The largest absolute Gasteiger partial charge is 0.472 e. The first-order valence-electron chi connectivity index (χ1n) is 15.4. The Bertz CT molecular complexity index is 1420. The van der Waals surface area contributed by atoms with Crippen LogP contribution in [-0.2, 0) is 11.2 Å². The van der Waals surface area contributed by atoms with Crippen molar-refractivity contribution >= 4 is 19.0 Å². The predicted octanol–water partition coefficient (Wildman–Crippen LogP) is 7.10. The molecule has 6 rings (SSSR count). The van der Waals surface area contributed by atoms with Crippen LogP contribution in [0.2, 0.25) is 19.6 Å². The van der Waals surface area contributed by atoms with Crippen molar-refractivity contribution in [1.29, 1.82) is 0 Å². The third-order valence-electron chi connectivity index (χ3n) is 9.72. The van der Waals surface area contributed by atoms with E-state index in [2.05, 4.69) is 93.1 Å². The van der Waals surface area contributed by atoms with E-state index in [0.717, 1.165) is 36.7 Å². The van der Waals surface area contributed by atoms with Gasteiger partial charge >= 0.3 is 0 Å². The van der Waals surface area contributed by atoms with E-state index in [1.54, 1.807) is 10.8 Å². The Morgan fingerprint density at radius 1 is 1.10 bits per heavy atom. The molecule has 3 aliphatic heterocycles. The number of hydrogen-bond acceptors (Lipinski definition) is 3. The molecule has 1 saturated carbocycles. The summed E-state index contributed by atoms with van der Waals surface area (Å²) in [4.78, 5) is 5.27. The lowest BCUT2D eigenvalue weighted by atomic mass is 9.78. The molecule has 210 valence electrons. The van der Waals surface area contributed by atoms with Crippen molar-refractivity contribution in [3.63, 3.8) is 0 Å². The van der Waals surface area contributed by atoms with Crippen molar-refractivity contribution in [2.45, 2.75) is 96.5 Å². The summed E-state index contributed by atoms with van der Waals surface area (Å²) in [5.74, 6) is 1.77. The summed E-state index contributed by atoms with van der Waals surface area (Å²) in [6.45, 7) is 21.2. The number of nitrogens with zero attached hydrogens (tertiary/aromatic N) is 2. The summed E-state index contributed by atoms with van der Waals surface area (Å²) in [7, 11) is -1.60. The Morgan fingerprint density at radius 3 is 2.60 bits per heavy atom. The number of nitrogens with one attached hydrogen (secondary N) is 1. The van der Waals surface area contributed by atoms with Gasteiger partial charge in [0, 0.05) is 34.6 Å². The number of aliphatic imine (C=N–C) groups is 1. The van der Waals surface area contributed by atoms with Crippen LogP contribution in [0.1, 0.15) is 75.5 Å². The molecule has 40 heavy (non-hydrogen) atoms. The molecule has 4 heterocycles. The Balaban J connectivity index is 1.52. The summed E-state index contributed by atoms with van der Waals surface area (Å²) < 4.78 is 8.68. The van der Waals surface area contributed by atoms with Gasteiger partial charge in [0.15, 0.2) is 12.1 Å². The molecule has 5 heteroatoms. The highest BCUT2D eigenvalue weighted by Gasteiger charge is 2.44. The molecule has 0 amide bonds. The van der Waals surface area contributed by atoms with Gasteiger partial charge < -0.3 is 10.1 Å². The molecule has 3 atom stereocenters. The van der Waals surface area contributed by atoms with Crippen LogP contribution in [0.15, 0.2) is 77.4 Å². The molecule has 0 spiro atoms. The molecule has 1 aromatic carbocycles. The first-order chi connectivity index (χ1) is 19.1. The maximum Gasteiger partial charge on any atom is 0.213 e. The van der Waals surface area contributed by atoms with Crippen LogP contribution >= 0.6 is 0 Å². The Hall–Kier alpha value is -2.92. The van der Waals surface area contributed by atoms with E-state index in [-0.39, 0.29) is 12.1 Å². The number of allylic oxidation sites excluding steroid dienone is 1. The number of pyridine rings is 1. The molecular weight excluding hydrogens is 506 g/mol. The second-order valence-corrected chi connectivity index (χ2v) is 18.6. The minimum atomic E-state index is -1.60. The molecule has 4 nitrogen and oxygen atoms in total. The van der Waals surface area contributed by atoms with Crippen LogP contribution in [-0.4, -0.2) is 26.4 Å². The van der Waals surface area contributed by atoms with Gasteiger partial charge in [-0.2, -0.15) is 4.57 Å². The van der Waals surface area contributed by atoms with E-state index in [4.69, 9.17) is 9.73 Å². The zero-order valence-electron chi connectivity index (χ0n) is 25.1. The lowest BCUT2D eigenvalue weighted by molar-refractivity contribution is -0.708. The van der Waals surface area contributed by atoms with E-state index in [1.807, 2.05) is 0 Å². The molecule has 4 aliphatic rings. The van der Waals surface area contributed by atoms with Gasteiger partial charge in [-0.05, 0) is 68.4 Å². The van der Waals surface area contributed by atoms with Gasteiger partial charge in [0.1, 0.15) is 11.8 Å². The highest BCUT2D eigenvalue weighted by atomic mass is 28.3. The summed E-state index contributed by atoms with van der Waals surface area (Å²) in [5.41, 5.74) is 10.3. The average molecular weight is 553 g/mol.